The van der Waals surface area contributed by atoms with Crippen molar-refractivity contribution in [3.05, 3.63) is 0 Å². The monoisotopic (exact) mass is 1280 g/mol. The molecule has 19 heteroatoms. The summed E-state index contributed by atoms with van der Waals surface area (Å²) in [5.41, 5.74) is 0. The van der Waals surface area contributed by atoms with E-state index in [0.29, 0.717) is 31.6 Å². The van der Waals surface area contributed by atoms with E-state index >= 15 is 0 Å². The van der Waals surface area contributed by atoms with Crippen molar-refractivity contribution in [1.29, 1.82) is 0 Å². The molecule has 0 aromatic carbocycles. The zero-order valence-corrected chi connectivity index (χ0v) is 58.4. The van der Waals surface area contributed by atoms with Crippen LogP contribution in [-0.2, 0) is 65.4 Å². The largest absolute Gasteiger partial charge is 0.472 e. The van der Waals surface area contributed by atoms with Gasteiger partial charge in [-0.1, -0.05) is 280 Å². The van der Waals surface area contributed by atoms with Gasteiger partial charge < -0.3 is 33.8 Å². The maximum Gasteiger partial charge on any atom is 0.472 e. The molecule has 0 amide bonds. The van der Waals surface area contributed by atoms with Crippen molar-refractivity contribution >= 4 is 39.5 Å². The van der Waals surface area contributed by atoms with Crippen molar-refractivity contribution in [2.24, 2.45) is 23.7 Å². The minimum Gasteiger partial charge on any atom is -0.462 e. The predicted molar refractivity (Wildman–Crippen MR) is 349 cm³/mol. The predicted octanol–water partition coefficient (Wildman–Crippen LogP) is 18.9. The van der Waals surface area contributed by atoms with Gasteiger partial charge in [-0.3, -0.25) is 37.3 Å². The number of carbonyl (C=O) groups is 4. The van der Waals surface area contributed by atoms with E-state index in [1.165, 1.54) is 128 Å². The summed E-state index contributed by atoms with van der Waals surface area (Å²) in [6, 6.07) is 0. The first kappa shape index (κ1) is 85.1. The third-order valence-corrected chi connectivity index (χ3v) is 17.8. The van der Waals surface area contributed by atoms with E-state index in [1.54, 1.807) is 0 Å². The van der Waals surface area contributed by atoms with E-state index in [1.807, 2.05) is 0 Å². The van der Waals surface area contributed by atoms with E-state index in [2.05, 4.69) is 55.4 Å². The highest BCUT2D eigenvalue weighted by Crippen LogP contribution is 2.45. The fourth-order valence-electron chi connectivity index (χ4n) is 10.1. The molecule has 17 nitrogen and oxygen atoms in total. The Labute approximate surface area is 530 Å². The average molecular weight is 1280 g/mol. The summed E-state index contributed by atoms with van der Waals surface area (Å²) < 4.78 is 68.2. The van der Waals surface area contributed by atoms with E-state index in [9.17, 15) is 43.2 Å². The molecule has 0 fully saturated rings. The standard InChI is InChI=1S/C68H132O17P2/c1-9-61(8)47-39-31-22-15-11-13-17-25-35-43-51-68(73)85-64(55-79-66(71)49-41-33-27-26-30-38-46-60(6)7)57-83-87(76,77)81-53-62(69)52-80-86(74,75)82-56-63(54-78-65(70)48-40-32-23-19-18-21-29-37-45-59(4)5)84-67(72)50-42-34-24-16-12-10-14-20-28-36-44-58(2)3/h58-64,69H,9-57H2,1-8H3,(H,74,75)(H,76,77)/t61?,62-,63-,64-/m1/s1. The van der Waals surface area contributed by atoms with Crippen molar-refractivity contribution in [1.82, 2.24) is 0 Å². The zero-order chi connectivity index (χ0) is 64.7. The van der Waals surface area contributed by atoms with Gasteiger partial charge in [-0.15, -0.1) is 0 Å². The molecule has 0 aliphatic heterocycles. The Hall–Kier alpha value is -1.94. The van der Waals surface area contributed by atoms with E-state index in [-0.39, 0.29) is 25.7 Å². The average Bonchev–Trinajstić information content (AvgIpc) is 3.68. The highest BCUT2D eigenvalue weighted by atomic mass is 31.2. The van der Waals surface area contributed by atoms with Gasteiger partial charge in [-0.05, 0) is 49.4 Å². The van der Waals surface area contributed by atoms with Gasteiger partial charge >= 0.3 is 39.5 Å². The van der Waals surface area contributed by atoms with Crippen LogP contribution >= 0.6 is 15.6 Å². The molecule has 0 aliphatic carbocycles. The van der Waals surface area contributed by atoms with Crippen LogP contribution < -0.4 is 0 Å². The van der Waals surface area contributed by atoms with E-state index in [0.717, 1.165) is 114 Å². The van der Waals surface area contributed by atoms with Gasteiger partial charge in [0.1, 0.15) is 19.3 Å². The maximum absolute atomic E-state index is 13.0. The molecule has 6 atom stereocenters. The fourth-order valence-corrected chi connectivity index (χ4v) is 11.7. The molecule has 0 rings (SSSR count). The highest BCUT2D eigenvalue weighted by molar-refractivity contribution is 7.47. The molecule has 0 radical (unpaired) electrons. The van der Waals surface area contributed by atoms with Gasteiger partial charge in [-0.2, -0.15) is 0 Å². The maximum atomic E-state index is 13.0. The van der Waals surface area contributed by atoms with Crippen molar-refractivity contribution in [3.63, 3.8) is 0 Å². The quantitative estimate of drug-likeness (QED) is 0.0222. The van der Waals surface area contributed by atoms with Crippen LogP contribution in [0, 0.1) is 23.7 Å². The lowest BCUT2D eigenvalue weighted by atomic mass is 9.99. The minimum atomic E-state index is -4.95. The van der Waals surface area contributed by atoms with E-state index in [4.69, 9.17) is 37.0 Å². The second-order valence-corrected chi connectivity index (χ2v) is 29.1. The Morgan fingerprint density at radius 3 is 0.816 bits per heavy atom. The van der Waals surface area contributed by atoms with Gasteiger partial charge in [0.2, 0.25) is 0 Å². The summed E-state index contributed by atoms with van der Waals surface area (Å²) in [5, 5.41) is 10.6. The molecule has 87 heavy (non-hydrogen) atoms. The van der Waals surface area contributed by atoms with Crippen LogP contribution in [-0.4, -0.2) is 96.7 Å². The van der Waals surface area contributed by atoms with Gasteiger partial charge in [0.25, 0.3) is 0 Å². The molecule has 3 unspecified atom stereocenters. The second-order valence-electron chi connectivity index (χ2n) is 26.2. The van der Waals surface area contributed by atoms with Crippen LogP contribution in [0.2, 0.25) is 0 Å². The van der Waals surface area contributed by atoms with Gasteiger partial charge in [0, 0.05) is 25.7 Å². The third-order valence-electron chi connectivity index (χ3n) is 15.9. The molecule has 0 aromatic rings. The van der Waals surface area contributed by atoms with Crippen LogP contribution in [0.1, 0.15) is 331 Å². The number of rotatable bonds is 65. The van der Waals surface area contributed by atoms with Crippen LogP contribution in [0.4, 0.5) is 0 Å². The lowest BCUT2D eigenvalue weighted by Gasteiger charge is -2.21. The first-order chi connectivity index (χ1) is 41.6. The number of aliphatic hydroxyl groups is 1. The molecular formula is C68H132O17P2. The Balaban J connectivity index is 5.25. The van der Waals surface area contributed by atoms with Crippen molar-refractivity contribution in [2.75, 3.05) is 39.6 Å². The second kappa shape index (κ2) is 57.9. The molecular weight excluding hydrogens is 1150 g/mol. The molecule has 516 valence electrons. The molecule has 0 heterocycles. The topological polar surface area (TPSA) is 237 Å². The van der Waals surface area contributed by atoms with Gasteiger partial charge in [0.05, 0.1) is 26.4 Å². The SMILES string of the molecule is CCC(C)CCCCCCCCCCCCC(=O)O[C@H](COC(=O)CCCCCCCCC(C)C)COP(=O)(O)OC[C@H](O)COP(=O)(O)OC[C@@H](COC(=O)CCCCCCCCCCC(C)C)OC(=O)CCCCCCCCCCCCC(C)C. The number of aliphatic hydroxyl groups excluding tert-OH is 1. The number of phosphoric ester groups is 2. The lowest BCUT2D eigenvalue weighted by molar-refractivity contribution is -0.161. The summed E-state index contributed by atoms with van der Waals surface area (Å²) >= 11 is 0. The van der Waals surface area contributed by atoms with Gasteiger partial charge in [0.15, 0.2) is 12.2 Å². The molecule has 3 N–H and O–H groups in total. The summed E-state index contributed by atoms with van der Waals surface area (Å²) in [7, 11) is -9.90. The number of phosphoric acid groups is 2. The summed E-state index contributed by atoms with van der Waals surface area (Å²) in [6.45, 7) is 14.0. The Morgan fingerprint density at radius 1 is 0.322 bits per heavy atom. The molecule has 0 aliphatic rings. The minimum absolute atomic E-state index is 0.104. The van der Waals surface area contributed by atoms with Crippen LogP contribution in [0.3, 0.4) is 0 Å². The first-order valence-corrected chi connectivity index (χ1v) is 38.2. The number of carbonyl (C=O) groups excluding carboxylic acids is 4. The van der Waals surface area contributed by atoms with Crippen LogP contribution in [0.15, 0.2) is 0 Å². The van der Waals surface area contributed by atoms with Crippen LogP contribution in [0.25, 0.3) is 0 Å². The highest BCUT2D eigenvalue weighted by Gasteiger charge is 2.30. The molecule has 0 saturated heterocycles. The third kappa shape index (κ3) is 61.3. The zero-order valence-electron chi connectivity index (χ0n) is 56.6. The van der Waals surface area contributed by atoms with Crippen molar-refractivity contribution in [3.8, 4) is 0 Å². The van der Waals surface area contributed by atoms with Crippen molar-refractivity contribution < 1.29 is 80.2 Å². The normalized spacial score (nSPS) is 14.6. The smallest absolute Gasteiger partial charge is 0.462 e. The summed E-state index contributed by atoms with van der Waals surface area (Å²) in [6.07, 6.45) is 39.0. The van der Waals surface area contributed by atoms with Gasteiger partial charge in [-0.25, -0.2) is 9.13 Å². The summed E-state index contributed by atoms with van der Waals surface area (Å²) in [4.78, 5) is 72.4. The molecule has 0 spiro atoms. The number of ether oxygens (including phenoxy) is 4. The Bertz CT molecular complexity index is 1730. The number of hydrogen-bond donors (Lipinski definition) is 3. The molecule has 0 aromatic heterocycles. The Morgan fingerprint density at radius 2 is 0.552 bits per heavy atom. The molecule has 0 saturated carbocycles. The lowest BCUT2D eigenvalue weighted by Crippen LogP contribution is -2.30. The number of unbranched alkanes of at least 4 members (excludes halogenated alkanes) is 30. The number of hydrogen-bond acceptors (Lipinski definition) is 15. The summed E-state index contributed by atoms with van der Waals surface area (Å²) in [5.74, 6) is 0.826. The van der Waals surface area contributed by atoms with Crippen LogP contribution in [0.5, 0.6) is 0 Å². The van der Waals surface area contributed by atoms with E-state index < -0.39 is 97.5 Å². The Kier molecular flexibility index (Phi) is 56.6. The van der Waals surface area contributed by atoms with Crippen molar-refractivity contribution in [2.45, 2.75) is 350 Å². The fraction of sp³-hybridized carbons (Fsp3) is 0.941. The molecule has 0 bridgehead atoms. The number of esters is 4. The first-order valence-electron chi connectivity index (χ1n) is 35.2.